The Morgan fingerprint density at radius 1 is 1.27 bits per heavy atom. The Morgan fingerprint density at radius 3 is 2.33 bits per heavy atom. The zero-order chi connectivity index (χ0) is 11.3. The van der Waals surface area contributed by atoms with Crippen LogP contribution in [0, 0.1) is 0 Å². The van der Waals surface area contributed by atoms with Crippen LogP contribution in [0.5, 0.6) is 5.75 Å². The van der Waals surface area contributed by atoms with Crippen LogP contribution in [0.25, 0.3) is 0 Å². The van der Waals surface area contributed by atoms with Crippen molar-refractivity contribution in [1.82, 2.24) is 0 Å². The molecule has 1 N–H and O–H groups in total. The summed E-state index contributed by atoms with van der Waals surface area (Å²) in [6.07, 6.45) is 1.77. The quantitative estimate of drug-likeness (QED) is 0.797. The van der Waals surface area contributed by atoms with E-state index in [1.54, 1.807) is 38.8 Å². The minimum Gasteiger partial charge on any atom is -0.497 e. The summed E-state index contributed by atoms with van der Waals surface area (Å²) < 4.78 is 5.06. The van der Waals surface area contributed by atoms with Crippen LogP contribution in [-0.2, 0) is 0 Å². The van der Waals surface area contributed by atoms with Crippen LogP contribution >= 0.6 is 11.8 Å². The zero-order valence-electron chi connectivity index (χ0n) is 9.23. The molecule has 0 radical (unpaired) electrons. The van der Waals surface area contributed by atoms with Crippen LogP contribution < -0.4 is 4.74 Å². The summed E-state index contributed by atoms with van der Waals surface area (Å²) in [4.78, 5) is 1.12. The minimum atomic E-state index is -0.751. The van der Waals surface area contributed by atoms with Gasteiger partial charge in [0.25, 0.3) is 0 Å². The number of ether oxygens (including phenoxy) is 1. The van der Waals surface area contributed by atoms with Gasteiger partial charge in [0, 0.05) is 4.90 Å². The van der Waals surface area contributed by atoms with Crippen molar-refractivity contribution in [2.75, 3.05) is 7.11 Å². The third kappa shape index (κ3) is 4.91. The summed E-state index contributed by atoms with van der Waals surface area (Å²) in [5, 5.41) is 11.3. The van der Waals surface area contributed by atoms with Crippen molar-refractivity contribution in [3.05, 3.63) is 35.7 Å². The molecule has 0 saturated carbocycles. The van der Waals surface area contributed by atoms with Crippen LogP contribution in [0.3, 0.4) is 0 Å². The molecule has 0 aliphatic rings. The zero-order valence-corrected chi connectivity index (χ0v) is 10.0. The molecule has 1 aromatic rings. The fourth-order valence-corrected chi connectivity index (χ4v) is 1.78. The molecular formula is C12H16O2S. The lowest BCUT2D eigenvalue weighted by atomic mass is 10.1. The smallest absolute Gasteiger partial charge is 0.118 e. The van der Waals surface area contributed by atoms with Gasteiger partial charge in [-0.25, -0.2) is 0 Å². The van der Waals surface area contributed by atoms with E-state index in [4.69, 9.17) is 4.74 Å². The summed E-state index contributed by atoms with van der Waals surface area (Å²) in [5.74, 6) is 0.853. The van der Waals surface area contributed by atoms with Crippen LogP contribution in [0.4, 0.5) is 0 Å². The Balaban J connectivity index is 2.55. The Labute approximate surface area is 95.0 Å². The first-order valence-corrected chi connectivity index (χ1v) is 5.60. The van der Waals surface area contributed by atoms with Gasteiger partial charge in [0.1, 0.15) is 5.75 Å². The molecule has 1 aromatic carbocycles. The molecule has 0 atom stereocenters. The molecule has 0 bridgehead atoms. The van der Waals surface area contributed by atoms with E-state index >= 15 is 0 Å². The van der Waals surface area contributed by atoms with Crippen molar-refractivity contribution in [1.29, 1.82) is 0 Å². The number of hydrogen-bond donors (Lipinski definition) is 1. The van der Waals surface area contributed by atoms with Gasteiger partial charge in [0.2, 0.25) is 0 Å². The fraction of sp³-hybridized carbons (Fsp3) is 0.333. The van der Waals surface area contributed by atoms with Gasteiger partial charge >= 0.3 is 0 Å². The summed E-state index contributed by atoms with van der Waals surface area (Å²) in [5.41, 5.74) is -0.751. The molecule has 1 rings (SSSR count). The van der Waals surface area contributed by atoms with Gasteiger partial charge in [-0.2, -0.15) is 0 Å². The van der Waals surface area contributed by atoms with Crippen molar-refractivity contribution in [2.24, 2.45) is 0 Å². The maximum Gasteiger partial charge on any atom is 0.118 e. The van der Waals surface area contributed by atoms with E-state index in [9.17, 15) is 5.11 Å². The van der Waals surface area contributed by atoms with E-state index in [-0.39, 0.29) is 0 Å². The Hall–Kier alpha value is -0.930. The standard InChI is InChI=1S/C12H16O2S/c1-12(2,13)8-9-15-11-6-4-10(14-3)5-7-11/h4-9,13H,1-3H3/b9-8+. The van der Waals surface area contributed by atoms with Crippen LogP contribution in [0.2, 0.25) is 0 Å². The van der Waals surface area contributed by atoms with Crippen molar-refractivity contribution >= 4 is 11.8 Å². The molecule has 15 heavy (non-hydrogen) atoms. The van der Waals surface area contributed by atoms with Gasteiger partial charge in [-0.1, -0.05) is 11.8 Å². The van der Waals surface area contributed by atoms with Gasteiger partial charge in [-0.05, 0) is 49.6 Å². The first kappa shape index (κ1) is 12.1. The predicted octanol–water partition coefficient (Wildman–Crippen LogP) is 3.07. The summed E-state index contributed by atoms with van der Waals surface area (Å²) in [6.45, 7) is 3.50. The van der Waals surface area contributed by atoms with Crippen molar-refractivity contribution in [3.8, 4) is 5.75 Å². The van der Waals surface area contributed by atoms with E-state index in [1.165, 1.54) is 0 Å². The van der Waals surface area contributed by atoms with Gasteiger partial charge in [-0.3, -0.25) is 0 Å². The number of methoxy groups -OCH3 is 1. The van der Waals surface area contributed by atoms with E-state index in [2.05, 4.69) is 0 Å². The molecule has 0 spiro atoms. The van der Waals surface area contributed by atoms with Crippen molar-refractivity contribution in [2.45, 2.75) is 24.3 Å². The molecule has 3 heteroatoms. The van der Waals surface area contributed by atoms with Crippen LogP contribution in [0.1, 0.15) is 13.8 Å². The molecule has 0 fully saturated rings. The lowest BCUT2D eigenvalue weighted by molar-refractivity contribution is 0.133. The molecule has 82 valence electrons. The highest BCUT2D eigenvalue weighted by molar-refractivity contribution is 8.02. The van der Waals surface area contributed by atoms with Gasteiger partial charge in [0.15, 0.2) is 0 Å². The summed E-state index contributed by atoms with van der Waals surface area (Å²) >= 11 is 1.57. The topological polar surface area (TPSA) is 29.5 Å². The molecule has 0 aliphatic heterocycles. The second kappa shape index (κ2) is 5.24. The van der Waals surface area contributed by atoms with Crippen LogP contribution in [-0.4, -0.2) is 17.8 Å². The highest BCUT2D eigenvalue weighted by Gasteiger charge is 2.05. The first-order valence-electron chi connectivity index (χ1n) is 4.72. The largest absolute Gasteiger partial charge is 0.497 e. The fourth-order valence-electron chi connectivity index (χ4n) is 0.933. The maximum absolute atomic E-state index is 9.46. The molecule has 2 nitrogen and oxygen atoms in total. The highest BCUT2D eigenvalue weighted by Crippen LogP contribution is 2.22. The molecule has 0 saturated heterocycles. The predicted molar refractivity (Wildman–Crippen MR) is 64.3 cm³/mol. The minimum absolute atomic E-state index is 0.751. The Bertz CT molecular complexity index is 322. The third-order valence-electron chi connectivity index (χ3n) is 1.74. The van der Waals surface area contributed by atoms with Gasteiger partial charge in [0.05, 0.1) is 12.7 Å². The third-order valence-corrected chi connectivity index (χ3v) is 2.56. The lowest BCUT2D eigenvalue weighted by Crippen LogP contribution is -2.13. The summed E-state index contributed by atoms with van der Waals surface area (Å²) in [6, 6.07) is 7.80. The van der Waals surface area contributed by atoms with E-state index in [0.717, 1.165) is 10.6 Å². The van der Waals surface area contributed by atoms with Crippen molar-refractivity contribution < 1.29 is 9.84 Å². The molecule has 0 amide bonds. The normalized spacial score (nSPS) is 12.0. The lowest BCUT2D eigenvalue weighted by Gasteiger charge is -2.09. The Kier molecular flexibility index (Phi) is 4.24. The number of aliphatic hydroxyl groups is 1. The number of thioether (sulfide) groups is 1. The average Bonchev–Trinajstić information content (AvgIpc) is 2.17. The molecular weight excluding hydrogens is 208 g/mol. The average molecular weight is 224 g/mol. The monoisotopic (exact) mass is 224 g/mol. The van der Waals surface area contributed by atoms with Crippen molar-refractivity contribution in [3.63, 3.8) is 0 Å². The highest BCUT2D eigenvalue weighted by atomic mass is 32.2. The van der Waals surface area contributed by atoms with E-state index in [1.807, 2.05) is 29.7 Å². The number of benzene rings is 1. The summed E-state index contributed by atoms with van der Waals surface area (Å²) in [7, 11) is 1.65. The van der Waals surface area contributed by atoms with Gasteiger partial charge < -0.3 is 9.84 Å². The molecule has 0 aliphatic carbocycles. The SMILES string of the molecule is COc1ccc(S/C=C/C(C)(C)O)cc1. The number of rotatable bonds is 4. The molecule has 0 aromatic heterocycles. The molecule has 0 unspecified atom stereocenters. The second-order valence-corrected chi connectivity index (χ2v) is 4.73. The Morgan fingerprint density at radius 2 is 1.87 bits per heavy atom. The molecule has 0 heterocycles. The van der Waals surface area contributed by atoms with E-state index < -0.39 is 5.60 Å². The second-order valence-electron chi connectivity index (χ2n) is 3.75. The first-order chi connectivity index (χ1) is 7.01. The maximum atomic E-state index is 9.46. The van der Waals surface area contributed by atoms with Gasteiger partial charge in [-0.15, -0.1) is 0 Å². The van der Waals surface area contributed by atoms with Crippen LogP contribution in [0.15, 0.2) is 40.6 Å². The number of hydrogen-bond acceptors (Lipinski definition) is 3. The van der Waals surface area contributed by atoms with E-state index in [0.29, 0.717) is 0 Å².